The summed E-state index contributed by atoms with van der Waals surface area (Å²) in [6.45, 7) is 6.70. The lowest BCUT2D eigenvalue weighted by atomic mass is 10.1. The number of halogens is 1. The molecule has 1 aromatic carbocycles. The molecule has 0 aliphatic heterocycles. The molecule has 0 bridgehead atoms. The van der Waals surface area contributed by atoms with Crippen LogP contribution in [0.25, 0.3) is 0 Å². The standard InChI is InChI=1S/C14H22ClNO2/c1-11(2)5-6-17-7-8-18-14-4-3-13(15)9-12(14)10-16/h3-4,9,11H,5-8,10,16H2,1-2H3. The van der Waals surface area contributed by atoms with Crippen molar-refractivity contribution in [1.29, 1.82) is 0 Å². The number of nitrogens with two attached hydrogens (primary N) is 1. The van der Waals surface area contributed by atoms with Crippen molar-refractivity contribution in [3.8, 4) is 5.75 Å². The molecule has 0 heterocycles. The van der Waals surface area contributed by atoms with E-state index in [-0.39, 0.29) is 0 Å². The maximum atomic E-state index is 5.89. The first-order chi connectivity index (χ1) is 8.63. The summed E-state index contributed by atoms with van der Waals surface area (Å²) >= 11 is 5.89. The van der Waals surface area contributed by atoms with Crippen molar-refractivity contribution in [2.24, 2.45) is 11.7 Å². The molecule has 0 aliphatic carbocycles. The fourth-order valence-electron chi connectivity index (χ4n) is 1.48. The van der Waals surface area contributed by atoms with Crippen molar-refractivity contribution in [3.05, 3.63) is 28.8 Å². The first-order valence-corrected chi connectivity index (χ1v) is 6.70. The topological polar surface area (TPSA) is 44.5 Å². The largest absolute Gasteiger partial charge is 0.491 e. The second kappa shape index (κ2) is 8.35. The van der Waals surface area contributed by atoms with E-state index in [2.05, 4.69) is 13.8 Å². The van der Waals surface area contributed by atoms with Crippen molar-refractivity contribution in [2.45, 2.75) is 26.8 Å². The Morgan fingerprint density at radius 2 is 2.00 bits per heavy atom. The van der Waals surface area contributed by atoms with E-state index >= 15 is 0 Å². The van der Waals surface area contributed by atoms with E-state index in [4.69, 9.17) is 26.8 Å². The number of hydrogen-bond donors (Lipinski definition) is 1. The highest BCUT2D eigenvalue weighted by molar-refractivity contribution is 6.30. The van der Waals surface area contributed by atoms with Gasteiger partial charge in [0, 0.05) is 23.7 Å². The molecule has 0 saturated heterocycles. The van der Waals surface area contributed by atoms with Crippen molar-refractivity contribution >= 4 is 11.6 Å². The molecule has 0 aromatic heterocycles. The smallest absolute Gasteiger partial charge is 0.124 e. The van der Waals surface area contributed by atoms with Crippen LogP contribution in [0, 0.1) is 5.92 Å². The molecule has 0 radical (unpaired) electrons. The van der Waals surface area contributed by atoms with Crippen molar-refractivity contribution < 1.29 is 9.47 Å². The van der Waals surface area contributed by atoms with Crippen molar-refractivity contribution in [3.63, 3.8) is 0 Å². The summed E-state index contributed by atoms with van der Waals surface area (Å²) < 4.78 is 11.1. The minimum absolute atomic E-state index is 0.421. The highest BCUT2D eigenvalue weighted by atomic mass is 35.5. The highest BCUT2D eigenvalue weighted by Gasteiger charge is 2.03. The minimum Gasteiger partial charge on any atom is -0.491 e. The number of rotatable bonds is 8. The first-order valence-electron chi connectivity index (χ1n) is 6.32. The Morgan fingerprint density at radius 1 is 1.22 bits per heavy atom. The zero-order chi connectivity index (χ0) is 13.4. The van der Waals surface area contributed by atoms with Crippen LogP contribution in [0.5, 0.6) is 5.75 Å². The van der Waals surface area contributed by atoms with Gasteiger partial charge in [0.15, 0.2) is 0 Å². The summed E-state index contributed by atoms with van der Waals surface area (Å²) in [4.78, 5) is 0. The number of hydrogen-bond acceptors (Lipinski definition) is 3. The molecule has 0 spiro atoms. The molecule has 18 heavy (non-hydrogen) atoms. The molecule has 102 valence electrons. The molecular weight excluding hydrogens is 250 g/mol. The Kier molecular flexibility index (Phi) is 7.09. The Bertz CT molecular complexity index is 356. The third kappa shape index (κ3) is 5.71. The van der Waals surface area contributed by atoms with Gasteiger partial charge in [-0.25, -0.2) is 0 Å². The lowest BCUT2D eigenvalue weighted by Crippen LogP contribution is -2.10. The van der Waals surface area contributed by atoms with Gasteiger partial charge >= 0.3 is 0 Å². The summed E-state index contributed by atoms with van der Waals surface area (Å²) in [5, 5.41) is 0.677. The van der Waals surface area contributed by atoms with E-state index in [1.807, 2.05) is 12.1 Å². The zero-order valence-electron chi connectivity index (χ0n) is 11.1. The van der Waals surface area contributed by atoms with E-state index in [1.54, 1.807) is 6.07 Å². The molecule has 3 nitrogen and oxygen atoms in total. The van der Waals surface area contributed by atoms with Gasteiger partial charge in [-0.1, -0.05) is 25.4 Å². The average Bonchev–Trinajstić information content (AvgIpc) is 2.34. The third-order valence-corrected chi connectivity index (χ3v) is 2.80. The first kappa shape index (κ1) is 15.3. The molecule has 0 atom stereocenters. The van der Waals surface area contributed by atoms with Gasteiger partial charge in [0.05, 0.1) is 6.61 Å². The van der Waals surface area contributed by atoms with Gasteiger partial charge in [0.2, 0.25) is 0 Å². The highest BCUT2D eigenvalue weighted by Crippen LogP contribution is 2.22. The third-order valence-electron chi connectivity index (χ3n) is 2.57. The van der Waals surface area contributed by atoms with Gasteiger partial charge in [0.25, 0.3) is 0 Å². The quantitative estimate of drug-likeness (QED) is 0.738. The summed E-state index contributed by atoms with van der Waals surface area (Å²) in [6, 6.07) is 5.48. The average molecular weight is 272 g/mol. The van der Waals surface area contributed by atoms with Crippen LogP contribution in [0.15, 0.2) is 18.2 Å². The van der Waals surface area contributed by atoms with Crippen molar-refractivity contribution in [1.82, 2.24) is 0 Å². The molecule has 0 fully saturated rings. The second-order valence-electron chi connectivity index (χ2n) is 4.60. The van der Waals surface area contributed by atoms with Gasteiger partial charge in [-0.05, 0) is 30.5 Å². The second-order valence-corrected chi connectivity index (χ2v) is 5.04. The Balaban J connectivity index is 2.27. The van der Waals surface area contributed by atoms with Gasteiger partial charge in [-0.15, -0.1) is 0 Å². The summed E-state index contributed by atoms with van der Waals surface area (Å²) in [5.41, 5.74) is 6.56. The fraction of sp³-hybridized carbons (Fsp3) is 0.571. The predicted molar refractivity (Wildman–Crippen MR) is 75.1 cm³/mol. The zero-order valence-corrected chi connectivity index (χ0v) is 11.9. The Morgan fingerprint density at radius 3 is 2.67 bits per heavy atom. The molecular formula is C14H22ClNO2. The fourth-order valence-corrected chi connectivity index (χ4v) is 1.67. The normalized spacial score (nSPS) is 10.9. The van der Waals surface area contributed by atoms with E-state index < -0.39 is 0 Å². The molecule has 1 aromatic rings. The van der Waals surface area contributed by atoms with Crippen LogP contribution >= 0.6 is 11.6 Å². The Hall–Kier alpha value is -0.770. The molecule has 4 heteroatoms. The Labute approximate surface area is 114 Å². The summed E-state index contributed by atoms with van der Waals surface area (Å²) in [6.07, 6.45) is 1.08. The van der Waals surface area contributed by atoms with E-state index in [0.717, 1.165) is 24.3 Å². The molecule has 0 unspecified atom stereocenters. The SMILES string of the molecule is CC(C)CCOCCOc1ccc(Cl)cc1CN. The van der Waals surface area contributed by atoms with Crippen LogP contribution in [0.1, 0.15) is 25.8 Å². The minimum atomic E-state index is 0.421. The maximum Gasteiger partial charge on any atom is 0.124 e. The van der Waals surface area contributed by atoms with E-state index in [9.17, 15) is 0 Å². The van der Waals surface area contributed by atoms with Crippen LogP contribution in [0.3, 0.4) is 0 Å². The van der Waals surface area contributed by atoms with Gasteiger partial charge < -0.3 is 15.2 Å². The van der Waals surface area contributed by atoms with Crippen LogP contribution in [-0.2, 0) is 11.3 Å². The van der Waals surface area contributed by atoms with Gasteiger partial charge in [-0.2, -0.15) is 0 Å². The van der Waals surface area contributed by atoms with Gasteiger partial charge in [0.1, 0.15) is 12.4 Å². The molecule has 0 amide bonds. The summed E-state index contributed by atoms with van der Waals surface area (Å²) in [5.74, 6) is 1.46. The summed E-state index contributed by atoms with van der Waals surface area (Å²) in [7, 11) is 0. The van der Waals surface area contributed by atoms with E-state index in [0.29, 0.717) is 30.7 Å². The van der Waals surface area contributed by atoms with E-state index in [1.165, 1.54) is 0 Å². The molecule has 0 aliphatic rings. The van der Waals surface area contributed by atoms with Crippen LogP contribution < -0.4 is 10.5 Å². The van der Waals surface area contributed by atoms with Crippen LogP contribution in [0.4, 0.5) is 0 Å². The monoisotopic (exact) mass is 271 g/mol. The lowest BCUT2D eigenvalue weighted by molar-refractivity contribution is 0.0923. The maximum absolute atomic E-state index is 5.89. The number of ether oxygens (including phenoxy) is 2. The molecule has 1 rings (SSSR count). The van der Waals surface area contributed by atoms with Crippen LogP contribution in [0.2, 0.25) is 5.02 Å². The van der Waals surface area contributed by atoms with Crippen molar-refractivity contribution in [2.75, 3.05) is 19.8 Å². The lowest BCUT2D eigenvalue weighted by Gasteiger charge is -2.11. The molecule has 2 N–H and O–H groups in total. The predicted octanol–water partition coefficient (Wildman–Crippen LogP) is 3.24. The van der Waals surface area contributed by atoms with Crippen LogP contribution in [-0.4, -0.2) is 19.8 Å². The molecule has 0 saturated carbocycles. The number of benzene rings is 1. The van der Waals surface area contributed by atoms with Gasteiger partial charge in [-0.3, -0.25) is 0 Å².